The lowest BCUT2D eigenvalue weighted by molar-refractivity contribution is 0.212. The van der Waals surface area contributed by atoms with Gasteiger partial charge in [-0.3, -0.25) is 5.10 Å². The normalized spacial score (nSPS) is 11.4. The van der Waals surface area contributed by atoms with Crippen LogP contribution < -0.4 is 15.2 Å². The van der Waals surface area contributed by atoms with Crippen molar-refractivity contribution in [1.29, 1.82) is 0 Å². The van der Waals surface area contributed by atoms with Crippen LogP contribution in [0.15, 0.2) is 18.2 Å². The fraction of sp³-hybridized carbons (Fsp3) is 0.357. The maximum Gasteiger partial charge on any atom is 0.145 e. The highest BCUT2D eigenvalue weighted by molar-refractivity contribution is 5.72. The zero-order valence-corrected chi connectivity index (χ0v) is 12.0. The Kier molecular flexibility index (Phi) is 3.57. The molecule has 108 valence electrons. The van der Waals surface area contributed by atoms with Gasteiger partial charge in [0.1, 0.15) is 23.0 Å². The van der Waals surface area contributed by atoms with Gasteiger partial charge in [-0.25, -0.2) is 4.39 Å². The van der Waals surface area contributed by atoms with Gasteiger partial charge in [0.05, 0.1) is 19.9 Å². The summed E-state index contributed by atoms with van der Waals surface area (Å²) in [5, 5.41) is 6.68. The number of ether oxygens (including phenoxy) is 2. The molecule has 0 spiro atoms. The topological polar surface area (TPSA) is 73.2 Å². The summed E-state index contributed by atoms with van der Waals surface area (Å²) in [7, 11) is 3.03. The predicted molar refractivity (Wildman–Crippen MR) is 75.7 cm³/mol. The van der Waals surface area contributed by atoms with E-state index >= 15 is 0 Å². The van der Waals surface area contributed by atoms with E-state index in [1.54, 1.807) is 18.2 Å². The second-order valence-electron chi connectivity index (χ2n) is 4.93. The van der Waals surface area contributed by atoms with E-state index in [-0.39, 0.29) is 0 Å². The van der Waals surface area contributed by atoms with E-state index in [0.29, 0.717) is 34.1 Å². The molecular weight excluding hydrogens is 261 g/mol. The number of nitrogens with one attached hydrogen (secondary N) is 1. The third-order valence-electron chi connectivity index (χ3n) is 3.05. The number of anilines is 1. The van der Waals surface area contributed by atoms with E-state index in [0.717, 1.165) is 0 Å². The van der Waals surface area contributed by atoms with Crippen LogP contribution in [0.3, 0.4) is 0 Å². The molecule has 0 saturated carbocycles. The molecule has 0 atom stereocenters. The van der Waals surface area contributed by atoms with Crippen molar-refractivity contribution in [2.24, 2.45) is 0 Å². The first-order valence-electron chi connectivity index (χ1n) is 6.13. The third kappa shape index (κ3) is 2.54. The Bertz CT molecular complexity index is 617. The van der Waals surface area contributed by atoms with Gasteiger partial charge in [0.25, 0.3) is 0 Å². The summed E-state index contributed by atoms with van der Waals surface area (Å²) in [5.74, 6) is 1.34. The smallest absolute Gasteiger partial charge is 0.145 e. The van der Waals surface area contributed by atoms with Gasteiger partial charge in [0.15, 0.2) is 0 Å². The Labute approximate surface area is 116 Å². The van der Waals surface area contributed by atoms with E-state index in [2.05, 4.69) is 10.2 Å². The first-order valence-corrected chi connectivity index (χ1v) is 6.13. The SMILES string of the molecule is COc1cc(C(C)(C)F)c(OC)cc1-c1cc(N)n[nH]1. The van der Waals surface area contributed by atoms with Crippen molar-refractivity contribution in [3.8, 4) is 22.8 Å². The number of nitrogens with two attached hydrogens (primary N) is 1. The number of hydrogen-bond donors (Lipinski definition) is 2. The van der Waals surface area contributed by atoms with Gasteiger partial charge in [-0.15, -0.1) is 0 Å². The largest absolute Gasteiger partial charge is 0.496 e. The second-order valence-corrected chi connectivity index (χ2v) is 4.93. The molecule has 0 saturated heterocycles. The molecule has 2 rings (SSSR count). The number of halogens is 1. The molecule has 0 aliphatic heterocycles. The standard InChI is InChI=1S/C14H18FN3O2/c1-14(2,15)9-6-11(19-3)8(5-12(9)20-4)10-7-13(16)18-17-10/h5-7H,1-4H3,(H3,16,17,18). The van der Waals surface area contributed by atoms with Gasteiger partial charge in [-0.2, -0.15) is 5.10 Å². The van der Waals surface area contributed by atoms with E-state index in [9.17, 15) is 4.39 Å². The molecule has 1 aromatic heterocycles. The number of rotatable bonds is 4. The quantitative estimate of drug-likeness (QED) is 0.902. The first kappa shape index (κ1) is 14.2. The lowest BCUT2D eigenvalue weighted by atomic mass is 9.96. The number of H-pyrrole nitrogens is 1. The molecule has 5 nitrogen and oxygen atoms in total. The van der Waals surface area contributed by atoms with E-state index in [1.165, 1.54) is 28.1 Å². The molecule has 6 heteroatoms. The Morgan fingerprint density at radius 3 is 2.25 bits per heavy atom. The van der Waals surface area contributed by atoms with Crippen molar-refractivity contribution in [3.63, 3.8) is 0 Å². The molecule has 3 N–H and O–H groups in total. The Morgan fingerprint density at radius 2 is 1.80 bits per heavy atom. The monoisotopic (exact) mass is 279 g/mol. The number of benzene rings is 1. The highest BCUT2D eigenvalue weighted by Gasteiger charge is 2.26. The molecule has 20 heavy (non-hydrogen) atoms. The van der Waals surface area contributed by atoms with Crippen LogP contribution in [0, 0.1) is 0 Å². The van der Waals surface area contributed by atoms with Gasteiger partial charge in [-0.05, 0) is 26.0 Å². The van der Waals surface area contributed by atoms with Gasteiger partial charge in [0.2, 0.25) is 0 Å². The summed E-state index contributed by atoms with van der Waals surface area (Å²) in [6.07, 6.45) is 0. The van der Waals surface area contributed by atoms with Crippen LogP contribution in [0.5, 0.6) is 11.5 Å². The third-order valence-corrected chi connectivity index (χ3v) is 3.05. The maximum atomic E-state index is 14.2. The summed E-state index contributed by atoms with van der Waals surface area (Å²) in [5.41, 5.74) is 5.88. The lowest BCUT2D eigenvalue weighted by Crippen LogP contribution is -2.11. The number of alkyl halides is 1. The minimum atomic E-state index is -1.54. The van der Waals surface area contributed by atoms with Crippen LogP contribution in [-0.2, 0) is 5.67 Å². The summed E-state index contributed by atoms with van der Waals surface area (Å²) in [4.78, 5) is 0. The summed E-state index contributed by atoms with van der Waals surface area (Å²) in [6, 6.07) is 5.02. The average Bonchev–Trinajstić information content (AvgIpc) is 2.82. The van der Waals surface area contributed by atoms with Gasteiger partial charge in [0, 0.05) is 17.2 Å². The van der Waals surface area contributed by atoms with Crippen LogP contribution >= 0.6 is 0 Å². The Balaban J connectivity index is 2.64. The Hall–Kier alpha value is -2.24. The molecule has 0 amide bonds. The van der Waals surface area contributed by atoms with E-state index in [4.69, 9.17) is 15.2 Å². The van der Waals surface area contributed by atoms with Gasteiger partial charge >= 0.3 is 0 Å². The van der Waals surface area contributed by atoms with Gasteiger partial charge in [-0.1, -0.05) is 0 Å². The second kappa shape index (κ2) is 5.03. The number of nitrogen functional groups attached to an aromatic ring is 1. The summed E-state index contributed by atoms with van der Waals surface area (Å²) >= 11 is 0. The van der Waals surface area contributed by atoms with Crippen LogP contribution in [0.1, 0.15) is 19.4 Å². The van der Waals surface area contributed by atoms with Crippen LogP contribution in [-0.4, -0.2) is 24.4 Å². The van der Waals surface area contributed by atoms with E-state index < -0.39 is 5.67 Å². The van der Waals surface area contributed by atoms with Crippen molar-refractivity contribution < 1.29 is 13.9 Å². The molecule has 1 heterocycles. The number of hydrogen-bond acceptors (Lipinski definition) is 4. The number of methoxy groups -OCH3 is 2. The lowest BCUT2D eigenvalue weighted by Gasteiger charge is -2.20. The first-order chi connectivity index (χ1) is 9.36. The molecule has 0 fully saturated rings. The molecule has 0 unspecified atom stereocenters. The molecule has 0 radical (unpaired) electrons. The predicted octanol–water partition coefficient (Wildman–Crippen LogP) is 2.88. The highest BCUT2D eigenvalue weighted by atomic mass is 19.1. The minimum Gasteiger partial charge on any atom is -0.496 e. The van der Waals surface area contributed by atoms with E-state index in [1.807, 2.05) is 0 Å². The molecule has 0 aliphatic carbocycles. The van der Waals surface area contributed by atoms with Crippen LogP contribution in [0.4, 0.5) is 10.2 Å². The molecular formula is C14H18FN3O2. The van der Waals surface area contributed by atoms with Crippen molar-refractivity contribution in [2.45, 2.75) is 19.5 Å². The molecule has 0 aliphatic rings. The van der Waals surface area contributed by atoms with Crippen molar-refractivity contribution in [3.05, 3.63) is 23.8 Å². The van der Waals surface area contributed by atoms with Crippen molar-refractivity contribution >= 4 is 5.82 Å². The highest BCUT2D eigenvalue weighted by Crippen LogP contribution is 2.41. The van der Waals surface area contributed by atoms with Crippen molar-refractivity contribution in [2.75, 3.05) is 20.0 Å². The minimum absolute atomic E-state index is 0.371. The zero-order valence-electron chi connectivity index (χ0n) is 12.0. The number of nitrogens with zero attached hydrogens (tertiary/aromatic N) is 1. The average molecular weight is 279 g/mol. The number of aromatic nitrogens is 2. The Morgan fingerprint density at radius 1 is 1.15 bits per heavy atom. The fourth-order valence-corrected chi connectivity index (χ4v) is 2.05. The summed E-state index contributed by atoms with van der Waals surface area (Å²) in [6.45, 7) is 2.94. The maximum absolute atomic E-state index is 14.2. The molecule has 0 bridgehead atoms. The van der Waals surface area contributed by atoms with Gasteiger partial charge < -0.3 is 15.2 Å². The summed E-state index contributed by atoms with van der Waals surface area (Å²) < 4.78 is 24.9. The molecule has 2 aromatic rings. The fourth-order valence-electron chi connectivity index (χ4n) is 2.05. The number of aromatic amines is 1. The van der Waals surface area contributed by atoms with Crippen LogP contribution in [0.25, 0.3) is 11.3 Å². The molecule has 1 aromatic carbocycles. The van der Waals surface area contributed by atoms with Crippen molar-refractivity contribution in [1.82, 2.24) is 10.2 Å². The zero-order chi connectivity index (χ0) is 14.9. The van der Waals surface area contributed by atoms with Crippen LogP contribution in [0.2, 0.25) is 0 Å².